The van der Waals surface area contributed by atoms with Crippen molar-refractivity contribution in [3.8, 4) is 0 Å². The van der Waals surface area contributed by atoms with E-state index in [9.17, 15) is 13.8 Å². The second-order valence-corrected chi connectivity index (χ2v) is 10.6. The predicted molar refractivity (Wildman–Crippen MR) is 123 cm³/mol. The Labute approximate surface area is 195 Å². The van der Waals surface area contributed by atoms with Gasteiger partial charge in [0.1, 0.15) is 21.8 Å². The number of nitrogens with zero attached hydrogens (tertiary/aromatic N) is 2. The Kier molecular flexibility index (Phi) is 9.33. The third-order valence-electron chi connectivity index (χ3n) is 3.97. The summed E-state index contributed by atoms with van der Waals surface area (Å²) in [4.78, 5) is 21.7. The van der Waals surface area contributed by atoms with Gasteiger partial charge in [0.25, 0.3) is 0 Å². The molecule has 0 fully saturated rings. The minimum Gasteiger partial charge on any atom is -0.458 e. The first-order chi connectivity index (χ1) is 15.0. The van der Waals surface area contributed by atoms with Crippen molar-refractivity contribution < 1.29 is 27.5 Å². The molecule has 1 atom stereocenters. The van der Waals surface area contributed by atoms with Gasteiger partial charge < -0.3 is 19.1 Å². The number of halogens is 2. The summed E-state index contributed by atoms with van der Waals surface area (Å²) < 4.78 is 44.4. The summed E-state index contributed by atoms with van der Waals surface area (Å²) >= 11 is 3.26. The quantitative estimate of drug-likeness (QED) is 0.325. The van der Waals surface area contributed by atoms with Gasteiger partial charge in [0.2, 0.25) is 5.78 Å². The SMILES string of the molecule is CCOP(=O)(OCC)C(Nc1ncc(Br)nc1Cc1ccccc1F)C(=O)OC(C)(C)C. The van der Waals surface area contributed by atoms with Crippen molar-refractivity contribution in [1.82, 2.24) is 9.97 Å². The zero-order chi connectivity index (χ0) is 23.9. The third kappa shape index (κ3) is 7.33. The van der Waals surface area contributed by atoms with E-state index in [1.807, 2.05) is 0 Å². The fraction of sp³-hybridized carbons (Fsp3) is 0.476. The molecule has 1 aromatic heterocycles. The second-order valence-electron chi connectivity index (χ2n) is 7.71. The Morgan fingerprint density at radius 2 is 1.84 bits per heavy atom. The molecule has 2 aromatic rings. The van der Waals surface area contributed by atoms with E-state index >= 15 is 0 Å². The lowest BCUT2D eigenvalue weighted by Gasteiger charge is -2.29. The van der Waals surface area contributed by atoms with E-state index in [0.717, 1.165) is 0 Å². The van der Waals surface area contributed by atoms with Crippen LogP contribution in [0.15, 0.2) is 35.1 Å². The first kappa shape index (κ1) is 26.4. The zero-order valence-corrected chi connectivity index (χ0v) is 21.2. The highest BCUT2D eigenvalue weighted by molar-refractivity contribution is 9.10. The number of hydrogen-bond acceptors (Lipinski definition) is 8. The molecule has 32 heavy (non-hydrogen) atoms. The van der Waals surface area contributed by atoms with Gasteiger partial charge in [-0.3, -0.25) is 4.57 Å². The highest BCUT2D eigenvalue weighted by Crippen LogP contribution is 2.53. The number of carbonyl (C=O) groups is 1. The molecule has 0 spiro atoms. The predicted octanol–water partition coefficient (Wildman–Crippen LogP) is 5.31. The maximum Gasteiger partial charge on any atom is 0.364 e. The third-order valence-corrected chi connectivity index (χ3v) is 6.56. The molecule has 2 rings (SSSR count). The molecule has 1 heterocycles. The van der Waals surface area contributed by atoms with Gasteiger partial charge in [0, 0.05) is 6.42 Å². The molecule has 0 radical (unpaired) electrons. The molecule has 0 aliphatic carbocycles. The van der Waals surface area contributed by atoms with Crippen LogP contribution in [0.1, 0.15) is 45.9 Å². The summed E-state index contributed by atoms with van der Waals surface area (Å²) in [5.74, 6) is -2.61. The molecule has 1 unspecified atom stereocenters. The zero-order valence-electron chi connectivity index (χ0n) is 18.7. The van der Waals surface area contributed by atoms with Crippen molar-refractivity contribution in [2.24, 2.45) is 0 Å². The number of nitrogens with one attached hydrogen (secondary N) is 1. The van der Waals surface area contributed by atoms with Crippen LogP contribution in [0.25, 0.3) is 0 Å². The number of ether oxygens (including phenoxy) is 1. The van der Waals surface area contributed by atoms with E-state index in [4.69, 9.17) is 13.8 Å². The molecule has 0 aliphatic heterocycles. The molecule has 0 aliphatic rings. The molecular weight excluding hydrogens is 504 g/mol. The Balaban J connectivity index is 2.49. The molecule has 1 N–H and O–H groups in total. The van der Waals surface area contributed by atoms with Crippen molar-refractivity contribution in [2.75, 3.05) is 18.5 Å². The first-order valence-electron chi connectivity index (χ1n) is 10.1. The van der Waals surface area contributed by atoms with Crippen molar-refractivity contribution >= 4 is 35.3 Å². The lowest BCUT2D eigenvalue weighted by Crippen LogP contribution is -2.38. The average molecular weight is 532 g/mol. The van der Waals surface area contributed by atoms with Crippen LogP contribution >= 0.6 is 23.5 Å². The van der Waals surface area contributed by atoms with Crippen LogP contribution in [0, 0.1) is 5.82 Å². The maximum absolute atomic E-state index is 14.2. The smallest absolute Gasteiger partial charge is 0.364 e. The Morgan fingerprint density at radius 1 is 1.22 bits per heavy atom. The van der Waals surface area contributed by atoms with Crippen LogP contribution < -0.4 is 5.32 Å². The second kappa shape index (κ2) is 11.3. The van der Waals surface area contributed by atoms with Crippen LogP contribution in [0.5, 0.6) is 0 Å². The van der Waals surface area contributed by atoms with Gasteiger partial charge >= 0.3 is 13.6 Å². The molecule has 0 bridgehead atoms. The maximum atomic E-state index is 14.2. The number of esters is 1. The summed E-state index contributed by atoms with van der Waals surface area (Å²) in [6.07, 6.45) is 1.49. The molecule has 0 saturated carbocycles. The summed E-state index contributed by atoms with van der Waals surface area (Å²) in [5.41, 5.74) is -0.131. The monoisotopic (exact) mass is 531 g/mol. The van der Waals surface area contributed by atoms with E-state index in [0.29, 0.717) is 15.9 Å². The van der Waals surface area contributed by atoms with E-state index < -0.39 is 30.8 Å². The van der Waals surface area contributed by atoms with Crippen molar-refractivity contribution in [3.05, 3.63) is 52.1 Å². The van der Waals surface area contributed by atoms with Gasteiger partial charge in [-0.25, -0.2) is 19.2 Å². The Morgan fingerprint density at radius 3 is 2.41 bits per heavy atom. The number of anilines is 1. The fourth-order valence-corrected chi connectivity index (χ4v) is 4.77. The highest BCUT2D eigenvalue weighted by atomic mass is 79.9. The average Bonchev–Trinajstić information content (AvgIpc) is 2.68. The number of rotatable bonds is 10. The van der Waals surface area contributed by atoms with Crippen LogP contribution in [0.3, 0.4) is 0 Å². The number of hydrogen-bond donors (Lipinski definition) is 1. The highest BCUT2D eigenvalue weighted by Gasteiger charge is 2.44. The number of aromatic nitrogens is 2. The van der Waals surface area contributed by atoms with Gasteiger partial charge in [0.05, 0.1) is 25.1 Å². The molecule has 11 heteroatoms. The molecule has 8 nitrogen and oxygen atoms in total. The molecular formula is C21H28BrFN3O5P. The van der Waals surface area contributed by atoms with Crippen molar-refractivity contribution in [2.45, 2.75) is 52.4 Å². The van der Waals surface area contributed by atoms with Crippen LogP contribution in [0.2, 0.25) is 0 Å². The van der Waals surface area contributed by atoms with Crippen LogP contribution in [-0.4, -0.2) is 40.5 Å². The van der Waals surface area contributed by atoms with Crippen LogP contribution in [-0.2, 0) is 29.6 Å². The lowest BCUT2D eigenvalue weighted by molar-refractivity contribution is -0.154. The van der Waals surface area contributed by atoms with E-state index in [1.165, 1.54) is 12.3 Å². The lowest BCUT2D eigenvalue weighted by atomic mass is 10.1. The van der Waals surface area contributed by atoms with Gasteiger partial charge in [-0.15, -0.1) is 0 Å². The standard InChI is InChI=1S/C21H28BrFN3O5P/c1-6-29-32(28,30-7-2)19(20(27)31-21(3,4)5)26-18-16(25-17(22)13-24-18)12-14-10-8-9-11-15(14)23/h8-11,13,19H,6-7,12H2,1-5H3,(H,24,26). The van der Waals surface area contributed by atoms with Gasteiger partial charge in [-0.05, 0) is 62.2 Å². The van der Waals surface area contributed by atoms with Crippen molar-refractivity contribution in [3.63, 3.8) is 0 Å². The van der Waals surface area contributed by atoms with Gasteiger partial charge in [0.15, 0.2) is 0 Å². The Bertz CT molecular complexity index is 976. The van der Waals surface area contributed by atoms with Gasteiger partial charge in [-0.2, -0.15) is 0 Å². The molecule has 176 valence electrons. The number of benzene rings is 1. The van der Waals surface area contributed by atoms with E-state index in [-0.39, 0.29) is 25.5 Å². The molecule has 1 aromatic carbocycles. The largest absolute Gasteiger partial charge is 0.458 e. The van der Waals surface area contributed by atoms with Gasteiger partial charge in [-0.1, -0.05) is 18.2 Å². The van der Waals surface area contributed by atoms with E-state index in [2.05, 4.69) is 31.2 Å². The van der Waals surface area contributed by atoms with Crippen LogP contribution in [0.4, 0.5) is 10.2 Å². The molecule has 0 saturated heterocycles. The minimum absolute atomic E-state index is 0.0480. The Hall–Kier alpha value is -1.87. The number of carbonyl (C=O) groups excluding carboxylic acids is 1. The molecule has 0 amide bonds. The topological polar surface area (TPSA) is 99.6 Å². The first-order valence-corrected chi connectivity index (χ1v) is 12.5. The van der Waals surface area contributed by atoms with Crippen molar-refractivity contribution in [1.29, 1.82) is 0 Å². The summed E-state index contributed by atoms with van der Waals surface area (Å²) in [6.45, 7) is 8.45. The van der Waals surface area contributed by atoms with E-state index in [1.54, 1.807) is 52.8 Å². The summed E-state index contributed by atoms with van der Waals surface area (Å²) in [5, 5.41) is 2.84. The fourth-order valence-electron chi connectivity index (χ4n) is 2.77. The normalized spacial score (nSPS) is 13.0. The minimum atomic E-state index is -4.00. The summed E-state index contributed by atoms with van der Waals surface area (Å²) in [7, 11) is -4.00. The summed E-state index contributed by atoms with van der Waals surface area (Å²) in [6, 6.07) is 6.26.